The van der Waals surface area contributed by atoms with Crippen LogP contribution >= 0.6 is 0 Å². The number of aromatic nitrogens is 4. The highest BCUT2D eigenvalue weighted by Crippen LogP contribution is 2.20. The standard InChI is InChI=1S/C17H23N7O2/c1-12-6-18-16(19-7-12)23-4-5-24(14(11-23)10-22(2)3)17-20-8-13(9-21-17)15(25)26/h6-9,14H,4-5,10-11H2,1-3H3,(H,25,26)/t14-/m0/s1. The third kappa shape index (κ3) is 4.05. The molecule has 0 unspecified atom stereocenters. The Balaban J connectivity index is 1.80. The molecule has 0 aliphatic carbocycles. The van der Waals surface area contributed by atoms with Crippen molar-refractivity contribution in [3.05, 3.63) is 35.9 Å². The van der Waals surface area contributed by atoms with Crippen LogP contribution in [0.1, 0.15) is 15.9 Å². The quantitative estimate of drug-likeness (QED) is 0.821. The predicted molar refractivity (Wildman–Crippen MR) is 97.7 cm³/mol. The molecule has 0 saturated carbocycles. The topological polar surface area (TPSA) is 98.6 Å². The summed E-state index contributed by atoms with van der Waals surface area (Å²) < 4.78 is 0. The molecule has 2 aromatic heterocycles. The number of aromatic carboxylic acids is 1. The first-order valence-corrected chi connectivity index (χ1v) is 8.44. The van der Waals surface area contributed by atoms with E-state index in [2.05, 4.69) is 34.6 Å². The van der Waals surface area contributed by atoms with Crippen LogP contribution in [0.4, 0.5) is 11.9 Å². The third-order valence-corrected chi connectivity index (χ3v) is 4.25. The highest BCUT2D eigenvalue weighted by Gasteiger charge is 2.30. The van der Waals surface area contributed by atoms with Crippen LogP contribution in [-0.4, -0.2) is 82.2 Å². The molecule has 1 saturated heterocycles. The summed E-state index contributed by atoms with van der Waals surface area (Å²) in [6, 6.07) is 0.138. The SMILES string of the molecule is Cc1cnc(N2CCN(c3ncc(C(=O)O)cn3)[C@@H](CN(C)C)C2)nc1. The minimum atomic E-state index is -1.03. The molecular formula is C17H23N7O2. The van der Waals surface area contributed by atoms with Crippen molar-refractivity contribution in [2.75, 3.05) is 50.1 Å². The third-order valence-electron chi connectivity index (χ3n) is 4.25. The second-order valence-electron chi connectivity index (χ2n) is 6.69. The fourth-order valence-electron chi connectivity index (χ4n) is 3.01. The zero-order valence-corrected chi connectivity index (χ0v) is 15.2. The Hall–Kier alpha value is -2.81. The van der Waals surface area contributed by atoms with E-state index in [1.54, 1.807) is 0 Å². The van der Waals surface area contributed by atoms with E-state index in [0.29, 0.717) is 12.5 Å². The van der Waals surface area contributed by atoms with Crippen LogP contribution in [0.3, 0.4) is 0 Å². The number of hydrogen-bond donors (Lipinski definition) is 1. The first-order valence-electron chi connectivity index (χ1n) is 8.44. The molecular weight excluding hydrogens is 334 g/mol. The van der Waals surface area contributed by atoms with E-state index >= 15 is 0 Å². The van der Waals surface area contributed by atoms with E-state index in [4.69, 9.17) is 5.11 Å². The molecule has 0 amide bonds. The predicted octanol–water partition coefficient (Wildman–Crippen LogP) is 0.530. The van der Waals surface area contributed by atoms with Crippen molar-refractivity contribution in [3.8, 4) is 0 Å². The van der Waals surface area contributed by atoms with Gasteiger partial charge in [0.15, 0.2) is 0 Å². The molecule has 2 aromatic rings. The van der Waals surface area contributed by atoms with Crippen molar-refractivity contribution >= 4 is 17.9 Å². The lowest BCUT2D eigenvalue weighted by Crippen LogP contribution is -2.57. The Kier molecular flexibility index (Phi) is 5.27. The molecule has 1 N–H and O–H groups in total. The van der Waals surface area contributed by atoms with E-state index in [0.717, 1.165) is 31.1 Å². The van der Waals surface area contributed by atoms with Gasteiger partial charge in [-0.05, 0) is 26.6 Å². The van der Waals surface area contributed by atoms with Crippen LogP contribution < -0.4 is 9.80 Å². The van der Waals surface area contributed by atoms with Crippen molar-refractivity contribution in [2.24, 2.45) is 0 Å². The van der Waals surface area contributed by atoms with Crippen LogP contribution in [0.25, 0.3) is 0 Å². The number of likely N-dealkylation sites (N-methyl/N-ethyl adjacent to an activating group) is 1. The van der Waals surface area contributed by atoms with Crippen LogP contribution in [0.15, 0.2) is 24.8 Å². The van der Waals surface area contributed by atoms with E-state index in [9.17, 15) is 4.79 Å². The number of carboxylic acid groups (broad SMARTS) is 1. The van der Waals surface area contributed by atoms with Crippen molar-refractivity contribution < 1.29 is 9.90 Å². The van der Waals surface area contributed by atoms with Gasteiger partial charge in [0.25, 0.3) is 0 Å². The molecule has 0 bridgehead atoms. The normalized spacial score (nSPS) is 17.6. The van der Waals surface area contributed by atoms with Gasteiger partial charge < -0.3 is 19.8 Å². The number of anilines is 2. The number of piperazine rings is 1. The van der Waals surface area contributed by atoms with Crippen LogP contribution in [0.5, 0.6) is 0 Å². The van der Waals surface area contributed by atoms with Crippen molar-refractivity contribution in [2.45, 2.75) is 13.0 Å². The Morgan fingerprint density at radius 2 is 1.73 bits per heavy atom. The van der Waals surface area contributed by atoms with Gasteiger partial charge in [0.1, 0.15) is 0 Å². The van der Waals surface area contributed by atoms with Gasteiger partial charge in [0.05, 0.1) is 11.6 Å². The van der Waals surface area contributed by atoms with Crippen molar-refractivity contribution in [1.82, 2.24) is 24.8 Å². The Morgan fingerprint density at radius 1 is 1.12 bits per heavy atom. The Labute approximate surface area is 152 Å². The van der Waals surface area contributed by atoms with Gasteiger partial charge in [-0.1, -0.05) is 0 Å². The first-order chi connectivity index (χ1) is 12.4. The van der Waals surface area contributed by atoms with E-state index in [-0.39, 0.29) is 11.6 Å². The van der Waals surface area contributed by atoms with Gasteiger partial charge in [-0.3, -0.25) is 0 Å². The van der Waals surface area contributed by atoms with Crippen molar-refractivity contribution in [3.63, 3.8) is 0 Å². The lowest BCUT2D eigenvalue weighted by Gasteiger charge is -2.42. The minimum Gasteiger partial charge on any atom is -0.478 e. The van der Waals surface area contributed by atoms with E-state index in [1.165, 1.54) is 12.4 Å². The van der Waals surface area contributed by atoms with Crippen molar-refractivity contribution in [1.29, 1.82) is 0 Å². The maximum atomic E-state index is 11.0. The number of hydrogen-bond acceptors (Lipinski definition) is 8. The number of nitrogens with zero attached hydrogens (tertiary/aromatic N) is 7. The molecule has 26 heavy (non-hydrogen) atoms. The maximum Gasteiger partial charge on any atom is 0.338 e. The minimum absolute atomic E-state index is 0.0876. The second kappa shape index (κ2) is 7.61. The number of carboxylic acids is 1. The average molecular weight is 357 g/mol. The Bertz CT molecular complexity index is 749. The van der Waals surface area contributed by atoms with Crippen LogP contribution in [-0.2, 0) is 0 Å². The molecule has 1 aliphatic rings. The molecule has 0 spiro atoms. The molecule has 1 fully saturated rings. The van der Waals surface area contributed by atoms with E-state index < -0.39 is 5.97 Å². The molecule has 9 nitrogen and oxygen atoms in total. The molecule has 1 aliphatic heterocycles. The number of rotatable bonds is 5. The van der Waals surface area contributed by atoms with Gasteiger partial charge in [-0.15, -0.1) is 0 Å². The van der Waals surface area contributed by atoms with Gasteiger partial charge in [0, 0.05) is 51.0 Å². The molecule has 9 heteroatoms. The summed E-state index contributed by atoms with van der Waals surface area (Å²) in [6.07, 6.45) is 6.35. The molecule has 3 heterocycles. The summed E-state index contributed by atoms with van der Waals surface area (Å²) >= 11 is 0. The van der Waals surface area contributed by atoms with Gasteiger partial charge in [-0.25, -0.2) is 24.7 Å². The molecule has 138 valence electrons. The zero-order chi connectivity index (χ0) is 18.7. The smallest absolute Gasteiger partial charge is 0.338 e. The summed E-state index contributed by atoms with van der Waals surface area (Å²) in [5, 5.41) is 9.02. The first kappa shape index (κ1) is 18.0. The van der Waals surface area contributed by atoms with Crippen LogP contribution in [0.2, 0.25) is 0 Å². The molecule has 0 radical (unpaired) electrons. The summed E-state index contributed by atoms with van der Waals surface area (Å²) in [7, 11) is 4.04. The fraction of sp³-hybridized carbons (Fsp3) is 0.471. The average Bonchev–Trinajstić information content (AvgIpc) is 2.62. The van der Waals surface area contributed by atoms with E-state index in [1.807, 2.05) is 33.4 Å². The Morgan fingerprint density at radius 3 is 2.31 bits per heavy atom. The molecule has 3 rings (SSSR count). The highest BCUT2D eigenvalue weighted by molar-refractivity contribution is 5.86. The highest BCUT2D eigenvalue weighted by atomic mass is 16.4. The molecule has 1 atom stereocenters. The number of carbonyl (C=O) groups is 1. The maximum absolute atomic E-state index is 11.0. The van der Waals surface area contributed by atoms with Gasteiger partial charge in [-0.2, -0.15) is 0 Å². The number of aryl methyl sites for hydroxylation is 1. The zero-order valence-electron chi connectivity index (χ0n) is 15.2. The summed E-state index contributed by atoms with van der Waals surface area (Å²) in [6.45, 7) is 4.98. The summed E-state index contributed by atoms with van der Waals surface area (Å²) in [4.78, 5) is 34.8. The lowest BCUT2D eigenvalue weighted by molar-refractivity contribution is 0.0696. The summed E-state index contributed by atoms with van der Waals surface area (Å²) in [5.41, 5.74) is 1.12. The monoisotopic (exact) mass is 357 g/mol. The lowest BCUT2D eigenvalue weighted by atomic mass is 10.1. The summed E-state index contributed by atoms with van der Waals surface area (Å²) in [5.74, 6) is 0.246. The fourth-order valence-corrected chi connectivity index (χ4v) is 3.01. The second-order valence-corrected chi connectivity index (χ2v) is 6.69. The largest absolute Gasteiger partial charge is 0.478 e. The van der Waals surface area contributed by atoms with Gasteiger partial charge in [0.2, 0.25) is 11.9 Å². The van der Waals surface area contributed by atoms with Crippen LogP contribution in [0, 0.1) is 6.92 Å². The van der Waals surface area contributed by atoms with Gasteiger partial charge >= 0.3 is 5.97 Å². The molecule has 0 aromatic carbocycles.